The van der Waals surface area contributed by atoms with Crippen molar-refractivity contribution in [3.05, 3.63) is 71.8 Å². The Morgan fingerprint density at radius 2 is 1.77 bits per heavy atom. The van der Waals surface area contributed by atoms with Crippen molar-refractivity contribution in [3.63, 3.8) is 0 Å². The summed E-state index contributed by atoms with van der Waals surface area (Å²) in [6.45, 7) is 0.0786. The number of hydrogen-bond acceptors (Lipinski definition) is 3. The van der Waals surface area contributed by atoms with Crippen LogP contribution >= 0.6 is 0 Å². The summed E-state index contributed by atoms with van der Waals surface area (Å²) in [4.78, 5) is 4.47. The zero-order chi connectivity index (χ0) is 22.2. The van der Waals surface area contributed by atoms with E-state index in [-0.39, 0.29) is 29.0 Å². The molecule has 2 aromatic carbocycles. The summed E-state index contributed by atoms with van der Waals surface area (Å²) < 4.78 is 65.6. The molecule has 0 radical (unpaired) electrons. The minimum absolute atomic E-state index is 0.0570. The average molecular weight is 446 g/mol. The number of halogens is 3. The Morgan fingerprint density at radius 3 is 2.45 bits per heavy atom. The first-order valence-electron chi connectivity index (χ1n) is 9.18. The molecule has 0 saturated heterocycles. The van der Waals surface area contributed by atoms with E-state index in [0.717, 1.165) is 6.07 Å². The third-order valence-corrected chi connectivity index (χ3v) is 5.16. The lowest BCUT2D eigenvalue weighted by atomic mass is 10.0. The highest BCUT2D eigenvalue weighted by Gasteiger charge is 2.36. The van der Waals surface area contributed by atoms with Gasteiger partial charge < -0.3 is 0 Å². The maximum Gasteiger partial charge on any atom is 0.417 e. The molecule has 2 heterocycles. The van der Waals surface area contributed by atoms with Crippen LogP contribution in [0.15, 0.2) is 60.7 Å². The van der Waals surface area contributed by atoms with Gasteiger partial charge in [-0.25, -0.2) is 18.6 Å². The van der Waals surface area contributed by atoms with Gasteiger partial charge in [-0.1, -0.05) is 48.5 Å². The van der Waals surface area contributed by atoms with Gasteiger partial charge in [-0.2, -0.15) is 18.3 Å². The van der Waals surface area contributed by atoms with Crippen LogP contribution in [-0.4, -0.2) is 23.5 Å². The predicted molar refractivity (Wildman–Crippen MR) is 112 cm³/mol. The van der Waals surface area contributed by atoms with Crippen LogP contribution in [0.2, 0.25) is 0 Å². The maximum atomic E-state index is 14.1. The molecular formula is C21H17F3N4O2S. The molecule has 0 amide bonds. The van der Waals surface area contributed by atoms with E-state index in [1.54, 1.807) is 61.6 Å². The fourth-order valence-corrected chi connectivity index (χ4v) is 3.69. The quantitative estimate of drug-likeness (QED) is 0.441. The highest BCUT2D eigenvalue weighted by atomic mass is 32.2. The molecule has 0 aliphatic carbocycles. The standard InChI is InChI=1S/C21H17F3N4O2S/c1-28-20-18(19(27-28)14-7-3-2-4-8-14)16(21(22,23)24)11-17(26-20)15-9-5-6-13(10-15)12-25-31(29)30/h2-11,25H,12H2,1H3,(H,29,30). The molecular weight excluding hydrogens is 429 g/mol. The highest BCUT2D eigenvalue weighted by Crippen LogP contribution is 2.40. The number of aryl methyl sites for hydroxylation is 1. The van der Waals surface area contributed by atoms with Gasteiger partial charge in [0.2, 0.25) is 11.3 Å². The molecule has 0 bridgehead atoms. The number of rotatable bonds is 5. The number of aromatic nitrogens is 3. The van der Waals surface area contributed by atoms with Crippen molar-refractivity contribution in [3.8, 4) is 22.5 Å². The van der Waals surface area contributed by atoms with Gasteiger partial charge in [0.1, 0.15) is 5.69 Å². The molecule has 1 atom stereocenters. The molecule has 160 valence electrons. The monoisotopic (exact) mass is 446 g/mol. The fourth-order valence-electron chi connectivity index (χ4n) is 3.40. The van der Waals surface area contributed by atoms with Crippen LogP contribution in [0, 0.1) is 0 Å². The van der Waals surface area contributed by atoms with Crippen molar-refractivity contribution < 1.29 is 21.9 Å². The lowest BCUT2D eigenvalue weighted by Gasteiger charge is -2.12. The number of hydrogen-bond donors (Lipinski definition) is 2. The summed E-state index contributed by atoms with van der Waals surface area (Å²) in [5, 5.41) is 4.26. The van der Waals surface area contributed by atoms with Gasteiger partial charge in [0.05, 0.1) is 16.6 Å². The van der Waals surface area contributed by atoms with Crippen molar-refractivity contribution in [1.29, 1.82) is 0 Å². The van der Waals surface area contributed by atoms with Crippen LogP contribution in [0.1, 0.15) is 11.1 Å². The van der Waals surface area contributed by atoms with Crippen molar-refractivity contribution in [2.24, 2.45) is 7.05 Å². The summed E-state index contributed by atoms with van der Waals surface area (Å²) in [6.07, 6.45) is -4.62. The van der Waals surface area contributed by atoms with E-state index in [2.05, 4.69) is 14.8 Å². The SMILES string of the molecule is Cn1nc(-c2ccccc2)c2c(C(F)(F)F)cc(-c3cccc(CNS(=O)O)c3)nc21. The molecule has 0 saturated carbocycles. The minimum Gasteiger partial charge on any atom is -0.294 e. The van der Waals surface area contributed by atoms with Crippen LogP contribution in [-0.2, 0) is 31.0 Å². The lowest BCUT2D eigenvalue weighted by Crippen LogP contribution is -2.15. The number of nitrogens with zero attached hydrogens (tertiary/aromatic N) is 3. The molecule has 6 nitrogen and oxygen atoms in total. The number of nitrogens with one attached hydrogen (secondary N) is 1. The van der Waals surface area contributed by atoms with Gasteiger partial charge in [0.15, 0.2) is 5.65 Å². The second-order valence-corrected chi connectivity index (χ2v) is 7.65. The van der Waals surface area contributed by atoms with Crippen molar-refractivity contribution in [1.82, 2.24) is 19.5 Å². The first-order valence-corrected chi connectivity index (χ1v) is 10.3. The second kappa shape index (κ2) is 8.22. The van der Waals surface area contributed by atoms with Gasteiger partial charge in [0.25, 0.3) is 0 Å². The number of fused-ring (bicyclic) bond motifs is 1. The molecule has 0 aliphatic heterocycles. The zero-order valence-electron chi connectivity index (χ0n) is 16.2. The van der Waals surface area contributed by atoms with Gasteiger partial charge in [-0.3, -0.25) is 4.55 Å². The van der Waals surface area contributed by atoms with Gasteiger partial charge in [-0.05, 0) is 17.7 Å². The molecule has 4 aromatic rings. The largest absolute Gasteiger partial charge is 0.417 e. The van der Waals surface area contributed by atoms with E-state index in [0.29, 0.717) is 16.7 Å². The summed E-state index contributed by atoms with van der Waals surface area (Å²) in [7, 11) is 1.56. The molecule has 10 heteroatoms. The molecule has 2 N–H and O–H groups in total. The van der Waals surface area contributed by atoms with Crippen molar-refractivity contribution >= 4 is 22.3 Å². The fraction of sp³-hybridized carbons (Fsp3) is 0.143. The van der Waals surface area contributed by atoms with E-state index >= 15 is 0 Å². The maximum absolute atomic E-state index is 14.1. The first-order chi connectivity index (χ1) is 14.7. The first kappa shape index (κ1) is 21.2. The van der Waals surface area contributed by atoms with Gasteiger partial charge >= 0.3 is 6.18 Å². The van der Waals surface area contributed by atoms with Crippen molar-refractivity contribution in [2.75, 3.05) is 0 Å². The summed E-state index contributed by atoms with van der Waals surface area (Å²) in [5.74, 6) is 0. The van der Waals surface area contributed by atoms with Crippen LogP contribution < -0.4 is 4.72 Å². The minimum atomic E-state index is -4.62. The summed E-state index contributed by atoms with van der Waals surface area (Å²) in [5.41, 5.74) is 1.30. The van der Waals surface area contributed by atoms with Gasteiger partial charge in [0, 0.05) is 24.7 Å². The van der Waals surface area contributed by atoms with Crippen molar-refractivity contribution in [2.45, 2.75) is 12.7 Å². The second-order valence-electron chi connectivity index (χ2n) is 6.86. The normalized spacial score (nSPS) is 12.9. The van der Waals surface area contributed by atoms with Crippen LogP contribution in [0.5, 0.6) is 0 Å². The Bertz CT molecular complexity index is 1270. The molecule has 0 spiro atoms. The van der Waals surface area contributed by atoms with E-state index in [4.69, 9.17) is 4.55 Å². The molecule has 2 aromatic heterocycles. The van der Waals surface area contributed by atoms with E-state index < -0.39 is 23.0 Å². The van der Waals surface area contributed by atoms with E-state index in [1.807, 2.05) is 0 Å². The van der Waals surface area contributed by atoms with E-state index in [1.165, 1.54) is 4.68 Å². The number of benzene rings is 2. The Balaban J connectivity index is 1.91. The Morgan fingerprint density at radius 1 is 1.06 bits per heavy atom. The molecule has 0 fully saturated rings. The van der Waals surface area contributed by atoms with Crippen LogP contribution in [0.3, 0.4) is 0 Å². The molecule has 1 unspecified atom stereocenters. The van der Waals surface area contributed by atoms with Gasteiger partial charge in [-0.15, -0.1) is 0 Å². The summed E-state index contributed by atoms with van der Waals surface area (Å²) in [6, 6.07) is 16.3. The Labute approximate surface area is 178 Å². The Hall–Kier alpha value is -3.08. The van der Waals surface area contributed by atoms with Crippen LogP contribution in [0.4, 0.5) is 13.2 Å². The topological polar surface area (TPSA) is 80.0 Å². The summed E-state index contributed by atoms with van der Waals surface area (Å²) >= 11 is -2.20. The molecule has 0 aliphatic rings. The number of pyridine rings is 1. The van der Waals surface area contributed by atoms with E-state index in [9.17, 15) is 17.4 Å². The average Bonchev–Trinajstić information content (AvgIpc) is 3.08. The lowest BCUT2D eigenvalue weighted by molar-refractivity contribution is -0.136. The highest BCUT2D eigenvalue weighted by molar-refractivity contribution is 7.77. The molecule has 31 heavy (non-hydrogen) atoms. The third kappa shape index (κ3) is 4.36. The Kier molecular flexibility index (Phi) is 5.61. The number of alkyl halides is 3. The predicted octanol–water partition coefficient (Wildman–Crippen LogP) is 4.55. The zero-order valence-corrected chi connectivity index (χ0v) is 17.0. The smallest absolute Gasteiger partial charge is 0.294 e. The molecule has 4 rings (SSSR count). The van der Waals surface area contributed by atoms with Crippen LogP contribution in [0.25, 0.3) is 33.5 Å². The third-order valence-electron chi connectivity index (χ3n) is 4.77.